The third-order valence-corrected chi connectivity index (χ3v) is 28.0. The van der Waals surface area contributed by atoms with Gasteiger partial charge in [-0.2, -0.15) is 29.9 Å². The molecule has 144 heavy (non-hydrogen) atoms. The van der Waals surface area contributed by atoms with Gasteiger partial charge in [-0.3, -0.25) is 13.7 Å². The Morgan fingerprint density at radius 3 is 0.701 bits per heavy atom. The molecule has 0 aliphatic carbocycles. The summed E-state index contributed by atoms with van der Waals surface area (Å²) in [5.41, 5.74) is 22.2. The average Bonchev–Trinajstić information content (AvgIpc) is 1.54. The molecular weight excluding hydrogens is 1760 g/mol. The second-order valence-electron chi connectivity index (χ2n) is 36.4. The largest absolute Gasteiger partial charge is 0.309 e. The number of hydrogen-bond acceptors (Lipinski definition) is 9. The first-order valence-electron chi connectivity index (χ1n) is 48.4. The fourth-order valence-corrected chi connectivity index (χ4v) is 21.5. The number of benzene rings is 21. The molecule has 15 heteroatoms. The summed E-state index contributed by atoms with van der Waals surface area (Å²) >= 11 is 0. The molecule has 0 amide bonds. The van der Waals surface area contributed by atoms with Crippen LogP contribution in [0.1, 0.15) is 0 Å². The maximum atomic E-state index is 5.18. The molecule has 9 aromatic heterocycles. The third-order valence-electron chi connectivity index (χ3n) is 28.0. The normalized spacial score (nSPS) is 11.8. The van der Waals surface area contributed by atoms with E-state index in [2.05, 4.69) is 337 Å². The van der Waals surface area contributed by atoms with Crippen LogP contribution in [-0.2, 0) is 0 Å². The Labute approximate surface area is 824 Å². The molecule has 0 aliphatic rings. The number of hydrogen-bond donors (Lipinski definition) is 0. The van der Waals surface area contributed by atoms with Crippen molar-refractivity contribution in [3.05, 3.63) is 491 Å². The molecule has 0 saturated heterocycles. The van der Waals surface area contributed by atoms with Crippen LogP contribution in [0.2, 0.25) is 0 Å². The van der Waals surface area contributed by atoms with Crippen LogP contribution in [0.3, 0.4) is 0 Å². The van der Waals surface area contributed by atoms with Gasteiger partial charge in [0.25, 0.3) is 0 Å². The summed E-state index contributed by atoms with van der Waals surface area (Å²) in [4.78, 5) is 45.9. The van der Waals surface area contributed by atoms with Crippen molar-refractivity contribution in [2.24, 2.45) is 0 Å². The molecule has 0 bridgehead atoms. The number of rotatable bonds is 12. The van der Waals surface area contributed by atoms with Gasteiger partial charge in [0.15, 0.2) is 34.9 Å². The van der Waals surface area contributed by atoms with Crippen LogP contribution in [-0.4, -0.2) is 72.3 Å². The number of aromatic nitrogens is 15. The maximum absolute atomic E-state index is 5.18. The molecule has 672 valence electrons. The summed E-state index contributed by atoms with van der Waals surface area (Å²) in [6.45, 7) is 0. The smallest absolute Gasteiger partial charge is 0.238 e. The fraction of sp³-hybridized carbons (Fsp3) is 0. The molecule has 0 atom stereocenters. The van der Waals surface area contributed by atoms with E-state index in [-0.39, 0.29) is 0 Å². The molecule has 0 spiro atoms. The van der Waals surface area contributed by atoms with Crippen molar-refractivity contribution < 1.29 is 0 Å². The molecule has 0 aliphatic heterocycles. The van der Waals surface area contributed by atoms with Gasteiger partial charge in [0.1, 0.15) is 0 Å². The predicted molar refractivity (Wildman–Crippen MR) is 591 cm³/mol. The van der Waals surface area contributed by atoms with E-state index in [4.69, 9.17) is 44.9 Å². The minimum absolute atomic E-state index is 0.581. The van der Waals surface area contributed by atoms with E-state index in [0.717, 1.165) is 132 Å². The zero-order valence-corrected chi connectivity index (χ0v) is 77.5. The molecule has 0 saturated carbocycles. The van der Waals surface area contributed by atoms with E-state index in [1.54, 1.807) is 0 Å². The van der Waals surface area contributed by atoms with E-state index < -0.39 is 0 Å². The molecular formula is C129H81N15. The lowest BCUT2D eigenvalue weighted by Crippen LogP contribution is -2.06. The number of para-hydroxylation sites is 6. The standard InChI is InChI=1S/3C43H27N5/c1-3-14-28(15-4-1)41-44-42(29-16-5-2-6-17-29)46-43(45-41)48-38-25-13-24-37(40(38)34-26-30-18-7-8-19-31(30)27-39(34)48)47-35-22-11-9-20-32(35)33-21-10-12-23-36(33)47;1-3-13-28(14-4-1)41-44-42(29-15-5-2-6-16-29)46-43(45-41)48-39-24-23-32(27-36(39)35-25-30-17-7-8-18-31(30)26-40(35)48)47-37-21-11-9-19-33(37)34-20-10-12-22-38(34)47;1-3-13-28(14-4-1)41-44-42(29-15-5-2-6-16-29)46-43(45-41)48-39-26-31-18-8-7-17-30(31)25-36(39)35-24-23-32(27-40(35)48)47-37-21-11-9-19-33(37)34-20-10-12-22-38(34)47/h3*1-27H. The van der Waals surface area contributed by atoms with Crippen LogP contribution >= 0.6 is 0 Å². The zero-order chi connectivity index (χ0) is 94.8. The number of fused-ring (bicyclic) bond motifs is 21. The number of nitrogens with zero attached hydrogens (tertiary/aromatic N) is 15. The lowest BCUT2D eigenvalue weighted by Gasteiger charge is -2.12. The van der Waals surface area contributed by atoms with Gasteiger partial charge in [0, 0.05) is 109 Å². The van der Waals surface area contributed by atoms with E-state index in [9.17, 15) is 0 Å². The highest BCUT2D eigenvalue weighted by Gasteiger charge is 2.28. The van der Waals surface area contributed by atoms with Crippen molar-refractivity contribution >= 4 is 163 Å². The van der Waals surface area contributed by atoms with Crippen LogP contribution in [0.5, 0.6) is 0 Å². The van der Waals surface area contributed by atoms with Gasteiger partial charge in [0.05, 0.1) is 71.9 Å². The van der Waals surface area contributed by atoms with E-state index >= 15 is 0 Å². The van der Waals surface area contributed by atoms with Crippen LogP contribution in [0.4, 0.5) is 0 Å². The van der Waals surface area contributed by atoms with Crippen LogP contribution in [0.15, 0.2) is 491 Å². The molecule has 21 aromatic carbocycles. The van der Waals surface area contributed by atoms with Gasteiger partial charge in [0.2, 0.25) is 17.8 Å². The van der Waals surface area contributed by atoms with Crippen molar-refractivity contribution in [3.8, 4) is 103 Å². The first-order valence-corrected chi connectivity index (χ1v) is 48.4. The molecule has 30 aromatic rings. The van der Waals surface area contributed by atoms with Crippen LogP contribution < -0.4 is 0 Å². The first-order chi connectivity index (χ1) is 71.4. The molecule has 0 radical (unpaired) electrons. The monoisotopic (exact) mass is 1840 g/mol. The molecule has 9 heterocycles. The minimum Gasteiger partial charge on any atom is -0.309 e. The second-order valence-corrected chi connectivity index (χ2v) is 36.4. The molecule has 0 unspecified atom stereocenters. The lowest BCUT2D eigenvalue weighted by atomic mass is 10.1. The maximum Gasteiger partial charge on any atom is 0.238 e. The van der Waals surface area contributed by atoms with Crippen molar-refractivity contribution in [2.75, 3.05) is 0 Å². The third kappa shape index (κ3) is 13.9. The first kappa shape index (κ1) is 82.5. The Morgan fingerprint density at radius 1 is 0.125 bits per heavy atom. The van der Waals surface area contributed by atoms with E-state index in [0.29, 0.717) is 52.8 Å². The molecule has 0 N–H and O–H groups in total. The Balaban J connectivity index is 0.000000105. The summed E-state index contributed by atoms with van der Waals surface area (Å²) in [6.07, 6.45) is 0. The summed E-state index contributed by atoms with van der Waals surface area (Å²) < 4.78 is 13.8. The second kappa shape index (κ2) is 34.1. The quantitative estimate of drug-likeness (QED) is 0.117. The average molecular weight is 1840 g/mol. The van der Waals surface area contributed by atoms with Gasteiger partial charge in [-0.25, -0.2) is 15.0 Å². The van der Waals surface area contributed by atoms with Crippen molar-refractivity contribution in [1.82, 2.24) is 72.3 Å². The highest BCUT2D eigenvalue weighted by molar-refractivity contribution is 6.21. The van der Waals surface area contributed by atoms with Gasteiger partial charge in [-0.05, 0) is 148 Å². The molecule has 0 fully saturated rings. The van der Waals surface area contributed by atoms with Crippen LogP contribution in [0, 0.1) is 0 Å². The summed E-state index contributed by atoms with van der Waals surface area (Å²) in [5.74, 6) is 5.55. The Bertz CT molecular complexity index is 9890. The van der Waals surface area contributed by atoms with E-state index in [1.165, 1.54) is 81.6 Å². The van der Waals surface area contributed by atoms with Crippen molar-refractivity contribution in [1.29, 1.82) is 0 Å². The Morgan fingerprint density at radius 2 is 0.354 bits per heavy atom. The van der Waals surface area contributed by atoms with Gasteiger partial charge >= 0.3 is 0 Å². The Kier molecular flexibility index (Phi) is 19.6. The fourth-order valence-electron chi connectivity index (χ4n) is 21.5. The highest BCUT2D eigenvalue weighted by atomic mass is 15.2. The van der Waals surface area contributed by atoms with Gasteiger partial charge in [-0.1, -0.05) is 376 Å². The predicted octanol–water partition coefficient (Wildman–Crippen LogP) is 31.7. The summed E-state index contributed by atoms with van der Waals surface area (Å²) in [5, 5.41) is 21.4. The van der Waals surface area contributed by atoms with Gasteiger partial charge in [-0.15, -0.1) is 0 Å². The van der Waals surface area contributed by atoms with Crippen LogP contribution in [0.25, 0.3) is 266 Å². The topological polar surface area (TPSA) is 146 Å². The zero-order valence-electron chi connectivity index (χ0n) is 77.5. The highest BCUT2D eigenvalue weighted by Crippen LogP contribution is 2.46. The van der Waals surface area contributed by atoms with Crippen molar-refractivity contribution in [2.45, 2.75) is 0 Å². The molecule has 15 nitrogen and oxygen atoms in total. The SMILES string of the molecule is c1ccc(-c2nc(-c3ccccc3)nc(-n3c4cc(-n5c6ccccc6c6ccccc65)ccc4c4cc5ccccc5cc43)n2)cc1.c1ccc(-c2nc(-c3ccccc3)nc(-n3c4cc5ccccc5cc4c4c(-n5c6ccccc6c6ccccc65)cccc43)n2)cc1.c1ccc(-c2nc(-c3ccccc3)nc(-n3c4ccc(-n5c6ccccc6c6ccccc65)cc4c4cc5ccccc5cc43)n2)cc1. The van der Waals surface area contributed by atoms with E-state index in [1.807, 2.05) is 182 Å². The Hall–Kier alpha value is -19.8. The minimum atomic E-state index is 0.581. The lowest BCUT2D eigenvalue weighted by molar-refractivity contribution is 0.953. The molecule has 30 rings (SSSR count). The summed E-state index contributed by atoms with van der Waals surface area (Å²) in [7, 11) is 0. The summed E-state index contributed by atoms with van der Waals surface area (Å²) in [6, 6.07) is 172. The van der Waals surface area contributed by atoms with Crippen molar-refractivity contribution in [3.63, 3.8) is 0 Å². The van der Waals surface area contributed by atoms with Gasteiger partial charge < -0.3 is 13.7 Å².